The Morgan fingerprint density at radius 2 is 2.28 bits per heavy atom. The maximum atomic E-state index is 12.8. The molecule has 2 heterocycles. The van der Waals surface area contributed by atoms with Gasteiger partial charge in [-0.25, -0.2) is 4.79 Å². The highest BCUT2D eigenvalue weighted by Crippen LogP contribution is 2.33. The van der Waals surface area contributed by atoms with Crippen LogP contribution in [0.1, 0.15) is 35.3 Å². The summed E-state index contributed by atoms with van der Waals surface area (Å²) >= 11 is 0. The summed E-state index contributed by atoms with van der Waals surface area (Å²) in [4.78, 5) is 18.7. The molecular formula is C17H19N5O3. The molecule has 0 saturated carbocycles. The Morgan fingerprint density at radius 3 is 2.92 bits per heavy atom. The number of nitrogens with one attached hydrogen (secondary N) is 1. The van der Waals surface area contributed by atoms with E-state index in [2.05, 4.69) is 21.5 Å². The van der Waals surface area contributed by atoms with Gasteiger partial charge in [0.2, 0.25) is 5.89 Å². The lowest BCUT2D eigenvalue weighted by atomic mass is 10.1. The maximum absolute atomic E-state index is 12.8. The highest BCUT2D eigenvalue weighted by molar-refractivity contribution is 5.91. The van der Waals surface area contributed by atoms with Crippen molar-refractivity contribution in [3.63, 3.8) is 0 Å². The van der Waals surface area contributed by atoms with Crippen molar-refractivity contribution in [2.75, 3.05) is 19.0 Å². The van der Waals surface area contributed by atoms with E-state index in [1.807, 2.05) is 0 Å². The first-order valence-electron chi connectivity index (χ1n) is 7.93. The van der Waals surface area contributed by atoms with Crippen molar-refractivity contribution < 1.29 is 14.1 Å². The van der Waals surface area contributed by atoms with Gasteiger partial charge in [0.05, 0.1) is 17.7 Å². The number of amides is 2. The van der Waals surface area contributed by atoms with Crippen LogP contribution < -0.4 is 5.32 Å². The number of ether oxygens (including phenoxy) is 1. The number of hydrogen-bond acceptors (Lipinski definition) is 6. The van der Waals surface area contributed by atoms with E-state index in [4.69, 9.17) is 14.5 Å². The lowest BCUT2D eigenvalue weighted by Gasteiger charge is -2.22. The number of urea groups is 1. The van der Waals surface area contributed by atoms with Crippen molar-refractivity contribution >= 4 is 11.7 Å². The standard InChI is InChI=1S/C17H19N5O3/c1-10-12(8-18)5-4-6-14(10)20-17(23)22-9-13(24-3)7-15(22)16-19-11(2)21-25-16/h4-6,13,15H,7,9H2,1-3H3,(H,20,23)/t13-,15+/m0/s1. The molecular weight excluding hydrogens is 322 g/mol. The number of carbonyl (C=O) groups excluding carboxylic acids is 1. The SMILES string of the molecule is CO[C@H]1C[C@H](c2nc(C)no2)N(C(=O)Nc2cccc(C#N)c2C)C1. The molecule has 0 aliphatic carbocycles. The second kappa shape index (κ2) is 6.91. The summed E-state index contributed by atoms with van der Waals surface area (Å²) in [6, 6.07) is 6.70. The molecule has 0 spiro atoms. The molecule has 1 saturated heterocycles. The Bertz CT molecular complexity index is 826. The van der Waals surface area contributed by atoms with E-state index in [9.17, 15) is 4.79 Å². The average molecular weight is 341 g/mol. The quantitative estimate of drug-likeness (QED) is 0.920. The molecule has 1 aromatic carbocycles. The molecule has 1 N–H and O–H groups in total. The first-order valence-corrected chi connectivity index (χ1v) is 7.93. The fourth-order valence-electron chi connectivity index (χ4n) is 2.95. The first kappa shape index (κ1) is 16.9. The summed E-state index contributed by atoms with van der Waals surface area (Å²) in [7, 11) is 1.61. The van der Waals surface area contributed by atoms with Crippen LogP contribution in [0, 0.1) is 25.2 Å². The van der Waals surface area contributed by atoms with E-state index >= 15 is 0 Å². The van der Waals surface area contributed by atoms with E-state index in [1.54, 1.807) is 44.1 Å². The summed E-state index contributed by atoms with van der Waals surface area (Å²) in [5.74, 6) is 0.920. The summed E-state index contributed by atoms with van der Waals surface area (Å²) in [5, 5.41) is 15.8. The number of likely N-dealkylation sites (tertiary alicyclic amines) is 1. The highest BCUT2D eigenvalue weighted by atomic mass is 16.5. The van der Waals surface area contributed by atoms with Crippen molar-refractivity contribution in [3.05, 3.63) is 41.0 Å². The molecule has 25 heavy (non-hydrogen) atoms. The summed E-state index contributed by atoms with van der Waals surface area (Å²) in [5.41, 5.74) is 1.86. The molecule has 2 atom stereocenters. The third-order valence-electron chi connectivity index (χ3n) is 4.38. The number of benzene rings is 1. The van der Waals surface area contributed by atoms with Gasteiger partial charge in [-0.15, -0.1) is 0 Å². The molecule has 1 fully saturated rings. The Morgan fingerprint density at radius 1 is 1.48 bits per heavy atom. The van der Waals surface area contributed by atoms with Crippen LogP contribution in [0.3, 0.4) is 0 Å². The minimum Gasteiger partial charge on any atom is -0.380 e. The Labute approximate surface area is 145 Å². The number of carbonyl (C=O) groups is 1. The van der Waals surface area contributed by atoms with Crippen molar-refractivity contribution in [3.8, 4) is 6.07 Å². The third-order valence-corrected chi connectivity index (χ3v) is 4.38. The van der Waals surface area contributed by atoms with E-state index in [-0.39, 0.29) is 18.2 Å². The minimum absolute atomic E-state index is 0.102. The first-order chi connectivity index (χ1) is 12.0. The Balaban J connectivity index is 1.83. The van der Waals surface area contributed by atoms with Crippen LogP contribution in [0.2, 0.25) is 0 Å². The number of nitrogens with zero attached hydrogens (tertiary/aromatic N) is 4. The zero-order chi connectivity index (χ0) is 18.0. The maximum Gasteiger partial charge on any atom is 0.322 e. The van der Waals surface area contributed by atoms with Gasteiger partial charge >= 0.3 is 6.03 Å². The average Bonchev–Trinajstić information content (AvgIpc) is 3.22. The molecule has 1 aliphatic rings. The zero-order valence-corrected chi connectivity index (χ0v) is 14.3. The third kappa shape index (κ3) is 3.32. The van der Waals surface area contributed by atoms with Crippen molar-refractivity contribution in [1.29, 1.82) is 5.26 Å². The van der Waals surface area contributed by atoms with Gasteiger partial charge in [-0.2, -0.15) is 10.2 Å². The fourth-order valence-corrected chi connectivity index (χ4v) is 2.95. The lowest BCUT2D eigenvalue weighted by Crippen LogP contribution is -2.36. The molecule has 0 unspecified atom stereocenters. The summed E-state index contributed by atoms with van der Waals surface area (Å²) < 4.78 is 10.7. The summed E-state index contributed by atoms with van der Waals surface area (Å²) in [6.45, 7) is 3.96. The van der Waals surface area contributed by atoms with Crippen LogP contribution in [-0.4, -0.2) is 40.8 Å². The van der Waals surface area contributed by atoms with Gasteiger partial charge in [0.1, 0.15) is 6.04 Å². The van der Waals surface area contributed by atoms with Crippen molar-refractivity contribution in [2.24, 2.45) is 0 Å². The van der Waals surface area contributed by atoms with Gasteiger partial charge in [-0.3, -0.25) is 0 Å². The molecule has 1 aliphatic heterocycles. The molecule has 1 aromatic heterocycles. The second-order valence-electron chi connectivity index (χ2n) is 5.96. The van der Waals surface area contributed by atoms with Gasteiger partial charge in [0, 0.05) is 25.8 Å². The van der Waals surface area contributed by atoms with Crippen LogP contribution in [0.25, 0.3) is 0 Å². The predicted molar refractivity (Wildman–Crippen MR) is 88.8 cm³/mol. The van der Waals surface area contributed by atoms with Crippen LogP contribution in [0.15, 0.2) is 22.7 Å². The summed E-state index contributed by atoms with van der Waals surface area (Å²) in [6.07, 6.45) is 0.484. The lowest BCUT2D eigenvalue weighted by molar-refractivity contribution is 0.111. The number of methoxy groups -OCH3 is 1. The smallest absolute Gasteiger partial charge is 0.322 e. The highest BCUT2D eigenvalue weighted by Gasteiger charge is 2.39. The van der Waals surface area contributed by atoms with E-state index in [0.717, 1.165) is 5.56 Å². The number of aryl methyl sites for hydroxylation is 1. The Hall–Kier alpha value is -2.92. The van der Waals surface area contributed by atoms with Gasteiger partial charge in [-0.05, 0) is 31.5 Å². The molecule has 2 amide bonds. The molecule has 2 aromatic rings. The van der Waals surface area contributed by atoms with Crippen molar-refractivity contribution in [1.82, 2.24) is 15.0 Å². The monoisotopic (exact) mass is 341 g/mol. The van der Waals surface area contributed by atoms with E-state index in [0.29, 0.717) is 35.9 Å². The number of aromatic nitrogens is 2. The molecule has 0 bridgehead atoms. The van der Waals surface area contributed by atoms with Gasteiger partial charge < -0.3 is 19.5 Å². The zero-order valence-electron chi connectivity index (χ0n) is 14.3. The van der Waals surface area contributed by atoms with Crippen LogP contribution in [0.4, 0.5) is 10.5 Å². The van der Waals surface area contributed by atoms with Crippen LogP contribution in [0.5, 0.6) is 0 Å². The van der Waals surface area contributed by atoms with E-state index < -0.39 is 0 Å². The van der Waals surface area contributed by atoms with Gasteiger partial charge in [0.15, 0.2) is 5.82 Å². The molecule has 8 heteroatoms. The number of hydrogen-bond donors (Lipinski definition) is 1. The number of anilines is 1. The van der Waals surface area contributed by atoms with Crippen LogP contribution >= 0.6 is 0 Å². The van der Waals surface area contributed by atoms with Gasteiger partial charge in [-0.1, -0.05) is 11.2 Å². The molecule has 0 radical (unpaired) electrons. The second-order valence-corrected chi connectivity index (χ2v) is 5.96. The van der Waals surface area contributed by atoms with Gasteiger partial charge in [0.25, 0.3) is 0 Å². The number of nitriles is 1. The predicted octanol–water partition coefficient (Wildman–Crippen LogP) is 2.55. The number of rotatable bonds is 3. The normalized spacial score (nSPS) is 19.7. The fraction of sp³-hybridized carbons (Fsp3) is 0.412. The molecule has 3 rings (SSSR count). The topological polar surface area (TPSA) is 104 Å². The largest absolute Gasteiger partial charge is 0.380 e. The Kier molecular flexibility index (Phi) is 4.67. The van der Waals surface area contributed by atoms with Crippen molar-refractivity contribution in [2.45, 2.75) is 32.4 Å². The molecule has 8 nitrogen and oxygen atoms in total. The molecule has 130 valence electrons. The van der Waals surface area contributed by atoms with E-state index in [1.165, 1.54) is 0 Å². The van der Waals surface area contributed by atoms with Crippen LogP contribution in [-0.2, 0) is 4.74 Å². The minimum atomic E-state index is -0.342.